The molecule has 0 unspecified atom stereocenters. The third-order valence-corrected chi connectivity index (χ3v) is 1.48. The molecule has 0 aliphatic rings. The van der Waals surface area contributed by atoms with Gasteiger partial charge in [-0.25, -0.2) is 0 Å². The zero-order valence-corrected chi connectivity index (χ0v) is 6.35. The average molecular weight is 187 g/mol. The highest BCUT2D eigenvalue weighted by atomic mass is 79.9. The van der Waals surface area contributed by atoms with Crippen LogP contribution >= 0.6 is 16.1 Å². The second kappa shape index (κ2) is 2.73. The molecule has 0 aromatic heterocycles. The van der Waals surface area contributed by atoms with E-state index in [1.165, 1.54) is 0 Å². The Kier molecular flexibility index (Phi) is 1.95. The fraction of sp³-hybridized carbons (Fsp3) is 0. The van der Waals surface area contributed by atoms with Gasteiger partial charge in [-0.05, 0) is 24.3 Å². The van der Waals surface area contributed by atoms with Gasteiger partial charge in [-0.3, -0.25) is 0 Å². The van der Waals surface area contributed by atoms with Gasteiger partial charge in [0.05, 0.1) is 0 Å². The van der Waals surface area contributed by atoms with E-state index in [4.69, 9.17) is 5.73 Å². The van der Waals surface area contributed by atoms with Crippen molar-refractivity contribution in [2.75, 3.05) is 10.1 Å². The molecule has 3 N–H and O–H groups in total. The van der Waals surface area contributed by atoms with Gasteiger partial charge in [0.1, 0.15) is 0 Å². The topological polar surface area (TPSA) is 38.0 Å². The average Bonchev–Trinajstić information content (AvgIpc) is 1.90. The van der Waals surface area contributed by atoms with Crippen molar-refractivity contribution in [1.82, 2.24) is 0 Å². The van der Waals surface area contributed by atoms with E-state index >= 15 is 0 Å². The highest BCUT2D eigenvalue weighted by Gasteiger charge is 1.85. The Hall–Kier alpha value is -0.700. The number of anilines is 2. The molecule has 0 fully saturated rings. The summed E-state index contributed by atoms with van der Waals surface area (Å²) in [6.45, 7) is 0. The smallest absolute Gasteiger partial charge is 0.0465 e. The molecule has 0 spiro atoms. The quantitative estimate of drug-likeness (QED) is 0.521. The van der Waals surface area contributed by atoms with Gasteiger partial charge >= 0.3 is 0 Å². The van der Waals surface area contributed by atoms with Gasteiger partial charge in [0.25, 0.3) is 0 Å². The summed E-state index contributed by atoms with van der Waals surface area (Å²) in [6, 6.07) is 7.46. The highest BCUT2D eigenvalue weighted by Crippen LogP contribution is 2.10. The van der Waals surface area contributed by atoms with Gasteiger partial charge in [-0.15, -0.1) is 0 Å². The van der Waals surface area contributed by atoms with Crippen molar-refractivity contribution in [2.24, 2.45) is 0 Å². The van der Waals surface area contributed by atoms with Gasteiger partial charge in [-0.1, -0.05) is 0 Å². The van der Waals surface area contributed by atoms with E-state index in [9.17, 15) is 0 Å². The molecule has 48 valence electrons. The minimum absolute atomic E-state index is 0.779. The largest absolute Gasteiger partial charge is 0.399 e. The zero-order valence-electron chi connectivity index (χ0n) is 4.76. The van der Waals surface area contributed by atoms with E-state index in [2.05, 4.69) is 20.5 Å². The van der Waals surface area contributed by atoms with Crippen molar-refractivity contribution in [3.05, 3.63) is 24.3 Å². The maximum atomic E-state index is 5.44. The molecule has 0 heterocycles. The van der Waals surface area contributed by atoms with Crippen molar-refractivity contribution in [2.45, 2.75) is 0 Å². The fourth-order valence-corrected chi connectivity index (χ4v) is 0.810. The summed E-state index contributed by atoms with van der Waals surface area (Å²) in [4.78, 5) is 0. The van der Waals surface area contributed by atoms with Crippen LogP contribution in [-0.2, 0) is 0 Å². The second-order valence-corrected chi connectivity index (χ2v) is 2.11. The van der Waals surface area contributed by atoms with Crippen molar-refractivity contribution in [3.8, 4) is 0 Å². The molecule has 0 saturated heterocycles. The van der Waals surface area contributed by atoms with E-state index in [0.29, 0.717) is 0 Å². The summed E-state index contributed by atoms with van der Waals surface area (Å²) in [7, 11) is 0. The first-order valence-corrected chi connectivity index (χ1v) is 3.34. The lowest BCUT2D eigenvalue weighted by Crippen LogP contribution is -1.83. The summed E-state index contributed by atoms with van der Waals surface area (Å²) in [5.74, 6) is 0. The molecule has 0 amide bonds. The Labute approximate surface area is 62.4 Å². The molecule has 1 rings (SSSR count). The number of nitrogens with one attached hydrogen (secondary N) is 1. The summed E-state index contributed by atoms with van der Waals surface area (Å²) >= 11 is 3.09. The van der Waals surface area contributed by atoms with Crippen LogP contribution in [0.25, 0.3) is 0 Å². The molecule has 0 bridgehead atoms. The lowest BCUT2D eigenvalue weighted by molar-refractivity contribution is 1.67. The lowest BCUT2D eigenvalue weighted by atomic mass is 10.3. The molecule has 0 radical (unpaired) electrons. The third-order valence-electron chi connectivity index (χ3n) is 1.02. The van der Waals surface area contributed by atoms with E-state index < -0.39 is 0 Å². The molecule has 1 aromatic rings. The highest BCUT2D eigenvalue weighted by molar-refractivity contribution is 9.10. The van der Waals surface area contributed by atoms with Crippen LogP contribution in [0.2, 0.25) is 0 Å². The number of benzene rings is 1. The van der Waals surface area contributed by atoms with Gasteiger partial charge in [-0.2, -0.15) is 0 Å². The molecule has 9 heavy (non-hydrogen) atoms. The molecular weight excluding hydrogens is 180 g/mol. The normalized spacial score (nSPS) is 9.00. The number of halogens is 1. The second-order valence-electron chi connectivity index (χ2n) is 1.72. The van der Waals surface area contributed by atoms with Gasteiger partial charge in [0, 0.05) is 27.5 Å². The molecule has 3 heteroatoms. The summed E-state index contributed by atoms with van der Waals surface area (Å²) < 4.78 is 2.81. The van der Waals surface area contributed by atoms with Gasteiger partial charge in [0.2, 0.25) is 0 Å². The Bertz CT molecular complexity index is 183. The van der Waals surface area contributed by atoms with Crippen LogP contribution in [0.15, 0.2) is 24.3 Å². The third kappa shape index (κ3) is 1.61. The Morgan fingerprint density at radius 2 is 1.78 bits per heavy atom. The SMILES string of the molecule is Nc1ccc(NBr)cc1. The molecular formula is C6H7BrN2. The maximum absolute atomic E-state index is 5.44. The first-order valence-electron chi connectivity index (χ1n) is 2.55. The van der Waals surface area contributed by atoms with E-state index in [1.807, 2.05) is 24.3 Å². The first kappa shape index (κ1) is 6.42. The Morgan fingerprint density at radius 3 is 2.22 bits per heavy atom. The number of hydrogen-bond donors (Lipinski definition) is 2. The lowest BCUT2D eigenvalue weighted by Gasteiger charge is -1.95. The predicted molar refractivity (Wildman–Crippen MR) is 43.4 cm³/mol. The predicted octanol–water partition coefficient (Wildman–Crippen LogP) is 1.99. The number of rotatable bonds is 1. The van der Waals surface area contributed by atoms with Gasteiger partial charge in [0.15, 0.2) is 0 Å². The van der Waals surface area contributed by atoms with Crippen LogP contribution in [0.3, 0.4) is 0 Å². The standard InChI is InChI=1S/C6H7BrN2/c7-9-6-3-1-5(8)2-4-6/h1-4,9H,8H2. The van der Waals surface area contributed by atoms with Crippen LogP contribution in [0.5, 0.6) is 0 Å². The van der Waals surface area contributed by atoms with Crippen LogP contribution in [0, 0.1) is 0 Å². The summed E-state index contributed by atoms with van der Waals surface area (Å²) in [5.41, 5.74) is 7.22. The number of nitrogens with two attached hydrogens (primary N) is 1. The molecule has 1 aromatic carbocycles. The molecule has 0 aliphatic carbocycles. The minimum atomic E-state index is 0.779. The Morgan fingerprint density at radius 1 is 1.22 bits per heavy atom. The number of nitrogen functional groups attached to an aromatic ring is 1. The van der Waals surface area contributed by atoms with Crippen LogP contribution in [0.1, 0.15) is 0 Å². The molecule has 0 saturated carbocycles. The van der Waals surface area contributed by atoms with E-state index in [1.54, 1.807) is 0 Å². The molecule has 0 atom stereocenters. The van der Waals surface area contributed by atoms with Crippen molar-refractivity contribution in [3.63, 3.8) is 0 Å². The van der Waals surface area contributed by atoms with Crippen LogP contribution in [0.4, 0.5) is 11.4 Å². The number of hydrogen-bond acceptors (Lipinski definition) is 2. The summed E-state index contributed by atoms with van der Waals surface area (Å²) in [5, 5.41) is 0. The van der Waals surface area contributed by atoms with Crippen LogP contribution in [-0.4, -0.2) is 0 Å². The van der Waals surface area contributed by atoms with Crippen molar-refractivity contribution >= 4 is 27.5 Å². The summed E-state index contributed by atoms with van der Waals surface area (Å²) in [6.07, 6.45) is 0. The monoisotopic (exact) mass is 186 g/mol. The van der Waals surface area contributed by atoms with Crippen molar-refractivity contribution in [1.29, 1.82) is 0 Å². The Balaban J connectivity index is 2.88. The first-order chi connectivity index (χ1) is 4.33. The van der Waals surface area contributed by atoms with E-state index in [-0.39, 0.29) is 0 Å². The molecule has 0 aliphatic heterocycles. The van der Waals surface area contributed by atoms with E-state index in [0.717, 1.165) is 11.4 Å². The molecule has 2 nitrogen and oxygen atoms in total. The minimum Gasteiger partial charge on any atom is -0.399 e. The maximum Gasteiger partial charge on any atom is 0.0465 e. The van der Waals surface area contributed by atoms with Gasteiger partial charge < -0.3 is 10.1 Å². The zero-order chi connectivity index (χ0) is 6.69. The van der Waals surface area contributed by atoms with Crippen molar-refractivity contribution < 1.29 is 0 Å². The van der Waals surface area contributed by atoms with Crippen LogP contribution < -0.4 is 10.1 Å². The fourth-order valence-electron chi connectivity index (χ4n) is 0.546.